The Morgan fingerprint density at radius 1 is 1.24 bits per heavy atom. The predicted octanol–water partition coefficient (Wildman–Crippen LogP) is 1.11. The van der Waals surface area contributed by atoms with Crippen molar-refractivity contribution in [3.05, 3.63) is 12.4 Å². The SMILES string of the molecule is CN=C(NC1CCC1)NC1CCCN(c2cnn(C)c2)C1. The fraction of sp³-hybridized carbons (Fsp3) is 0.733. The van der Waals surface area contributed by atoms with E-state index in [1.54, 1.807) is 0 Å². The molecule has 6 nitrogen and oxygen atoms in total. The molecule has 21 heavy (non-hydrogen) atoms. The van der Waals surface area contributed by atoms with Crippen LogP contribution in [-0.2, 0) is 7.05 Å². The van der Waals surface area contributed by atoms with Gasteiger partial charge in [-0.2, -0.15) is 5.10 Å². The molecule has 116 valence electrons. The standard InChI is InChI=1S/C15H26N6/c1-16-15(18-12-5-3-6-12)19-13-7-4-8-21(10-13)14-9-17-20(2)11-14/h9,11-13H,3-8,10H2,1-2H3,(H2,16,18,19). The van der Waals surface area contributed by atoms with Gasteiger partial charge >= 0.3 is 0 Å². The quantitative estimate of drug-likeness (QED) is 0.647. The first-order valence-electron chi connectivity index (χ1n) is 7.98. The van der Waals surface area contributed by atoms with E-state index in [4.69, 9.17) is 0 Å². The molecule has 2 N–H and O–H groups in total. The van der Waals surface area contributed by atoms with E-state index in [0.717, 1.165) is 19.0 Å². The van der Waals surface area contributed by atoms with Gasteiger partial charge in [0.15, 0.2) is 5.96 Å². The average molecular weight is 290 g/mol. The van der Waals surface area contributed by atoms with E-state index in [1.807, 2.05) is 25.0 Å². The maximum atomic E-state index is 4.37. The van der Waals surface area contributed by atoms with E-state index < -0.39 is 0 Å². The summed E-state index contributed by atoms with van der Waals surface area (Å²) in [6.07, 6.45) is 10.3. The average Bonchev–Trinajstić information content (AvgIpc) is 2.88. The highest BCUT2D eigenvalue weighted by Gasteiger charge is 2.23. The van der Waals surface area contributed by atoms with Gasteiger partial charge in [-0.25, -0.2) is 0 Å². The molecule has 1 saturated heterocycles. The van der Waals surface area contributed by atoms with Crippen molar-refractivity contribution >= 4 is 11.6 Å². The molecule has 1 aromatic rings. The third kappa shape index (κ3) is 3.49. The Morgan fingerprint density at radius 2 is 2.00 bits per heavy atom. The number of piperidine rings is 1. The third-order valence-electron chi connectivity index (χ3n) is 4.49. The molecule has 0 radical (unpaired) electrons. The molecular formula is C15H26N6. The van der Waals surface area contributed by atoms with Crippen molar-refractivity contribution < 1.29 is 0 Å². The van der Waals surface area contributed by atoms with Gasteiger partial charge in [0.1, 0.15) is 0 Å². The Balaban J connectivity index is 1.55. The molecule has 0 spiro atoms. The van der Waals surface area contributed by atoms with E-state index in [2.05, 4.69) is 31.8 Å². The van der Waals surface area contributed by atoms with Crippen molar-refractivity contribution in [3.8, 4) is 0 Å². The zero-order chi connectivity index (χ0) is 14.7. The molecule has 2 heterocycles. The second-order valence-electron chi connectivity index (χ2n) is 6.15. The summed E-state index contributed by atoms with van der Waals surface area (Å²) in [6, 6.07) is 1.07. The highest BCUT2D eigenvalue weighted by Crippen LogP contribution is 2.20. The minimum absolute atomic E-state index is 0.449. The molecule has 3 rings (SSSR count). The normalized spacial score (nSPS) is 23.8. The fourth-order valence-corrected chi connectivity index (χ4v) is 3.01. The Morgan fingerprint density at radius 3 is 2.62 bits per heavy atom. The molecule has 0 bridgehead atoms. The first kappa shape index (κ1) is 14.2. The largest absolute Gasteiger partial charge is 0.367 e. The van der Waals surface area contributed by atoms with Crippen molar-refractivity contribution in [3.63, 3.8) is 0 Å². The molecular weight excluding hydrogens is 264 g/mol. The molecule has 2 aliphatic rings. The summed E-state index contributed by atoms with van der Waals surface area (Å²) in [5, 5.41) is 11.4. The Bertz CT molecular complexity index is 490. The summed E-state index contributed by atoms with van der Waals surface area (Å²) in [7, 11) is 3.82. The smallest absolute Gasteiger partial charge is 0.191 e. The van der Waals surface area contributed by atoms with Gasteiger partial charge in [-0.3, -0.25) is 9.67 Å². The molecule has 2 fully saturated rings. The number of guanidine groups is 1. The lowest BCUT2D eigenvalue weighted by Crippen LogP contribution is -2.54. The summed E-state index contributed by atoms with van der Waals surface area (Å²) in [6.45, 7) is 2.12. The molecule has 1 aliphatic carbocycles. The van der Waals surface area contributed by atoms with Crippen LogP contribution >= 0.6 is 0 Å². The van der Waals surface area contributed by atoms with Crippen LogP contribution in [0.1, 0.15) is 32.1 Å². The minimum atomic E-state index is 0.449. The summed E-state index contributed by atoms with van der Waals surface area (Å²) in [4.78, 5) is 6.77. The van der Waals surface area contributed by atoms with Crippen LogP contribution in [0.5, 0.6) is 0 Å². The zero-order valence-electron chi connectivity index (χ0n) is 13.0. The van der Waals surface area contributed by atoms with Crippen LogP contribution in [0, 0.1) is 0 Å². The number of nitrogens with one attached hydrogen (secondary N) is 2. The van der Waals surface area contributed by atoms with Crippen molar-refractivity contribution in [1.29, 1.82) is 0 Å². The number of hydrogen-bond acceptors (Lipinski definition) is 3. The van der Waals surface area contributed by atoms with Gasteiger partial charge in [0.2, 0.25) is 0 Å². The summed E-state index contributed by atoms with van der Waals surface area (Å²) in [5.41, 5.74) is 1.21. The van der Waals surface area contributed by atoms with Gasteiger partial charge in [-0.15, -0.1) is 0 Å². The third-order valence-corrected chi connectivity index (χ3v) is 4.49. The van der Waals surface area contributed by atoms with Crippen LogP contribution in [0.2, 0.25) is 0 Å². The van der Waals surface area contributed by atoms with Crippen LogP contribution in [0.25, 0.3) is 0 Å². The molecule has 0 aromatic carbocycles. The maximum absolute atomic E-state index is 4.37. The lowest BCUT2D eigenvalue weighted by molar-refractivity contribution is 0.375. The number of anilines is 1. The molecule has 1 atom stereocenters. The van der Waals surface area contributed by atoms with E-state index >= 15 is 0 Å². The maximum Gasteiger partial charge on any atom is 0.191 e. The molecule has 1 unspecified atom stereocenters. The number of aryl methyl sites for hydroxylation is 1. The number of aromatic nitrogens is 2. The first-order chi connectivity index (χ1) is 10.2. The summed E-state index contributed by atoms with van der Waals surface area (Å²) in [5.74, 6) is 0.956. The van der Waals surface area contributed by atoms with Gasteiger partial charge in [-0.1, -0.05) is 0 Å². The van der Waals surface area contributed by atoms with E-state index in [0.29, 0.717) is 12.1 Å². The fourth-order valence-electron chi connectivity index (χ4n) is 3.01. The van der Waals surface area contributed by atoms with Gasteiger partial charge in [-0.05, 0) is 32.1 Å². The second-order valence-corrected chi connectivity index (χ2v) is 6.15. The lowest BCUT2D eigenvalue weighted by atomic mass is 9.93. The molecule has 6 heteroatoms. The van der Waals surface area contributed by atoms with Crippen LogP contribution in [0.15, 0.2) is 17.4 Å². The molecule has 1 aliphatic heterocycles. The number of hydrogen-bond donors (Lipinski definition) is 2. The predicted molar refractivity (Wildman–Crippen MR) is 85.7 cm³/mol. The van der Waals surface area contributed by atoms with Gasteiger partial charge < -0.3 is 15.5 Å². The highest BCUT2D eigenvalue weighted by atomic mass is 15.3. The Kier molecular flexibility index (Phi) is 4.31. The van der Waals surface area contributed by atoms with E-state index in [-0.39, 0.29) is 0 Å². The minimum Gasteiger partial charge on any atom is -0.367 e. The van der Waals surface area contributed by atoms with Gasteiger partial charge in [0.05, 0.1) is 11.9 Å². The van der Waals surface area contributed by atoms with Crippen LogP contribution in [-0.4, -0.2) is 48.0 Å². The van der Waals surface area contributed by atoms with Crippen LogP contribution < -0.4 is 15.5 Å². The van der Waals surface area contributed by atoms with Crippen molar-refractivity contribution in [1.82, 2.24) is 20.4 Å². The van der Waals surface area contributed by atoms with Crippen molar-refractivity contribution in [2.45, 2.75) is 44.2 Å². The van der Waals surface area contributed by atoms with Gasteiger partial charge in [0.25, 0.3) is 0 Å². The number of rotatable bonds is 3. The molecule has 1 aromatic heterocycles. The topological polar surface area (TPSA) is 57.5 Å². The van der Waals surface area contributed by atoms with Crippen LogP contribution in [0.3, 0.4) is 0 Å². The highest BCUT2D eigenvalue weighted by molar-refractivity contribution is 5.80. The lowest BCUT2D eigenvalue weighted by Gasteiger charge is -2.36. The van der Waals surface area contributed by atoms with Gasteiger partial charge in [0, 0.05) is 45.5 Å². The Labute approximate surface area is 126 Å². The molecule has 0 amide bonds. The number of aliphatic imine (C=N–C) groups is 1. The zero-order valence-corrected chi connectivity index (χ0v) is 13.0. The summed E-state index contributed by atoms with van der Waals surface area (Å²) < 4.78 is 1.86. The summed E-state index contributed by atoms with van der Waals surface area (Å²) >= 11 is 0. The molecule has 1 saturated carbocycles. The number of nitrogens with zero attached hydrogens (tertiary/aromatic N) is 4. The van der Waals surface area contributed by atoms with Crippen molar-refractivity contribution in [2.75, 3.05) is 25.0 Å². The second kappa shape index (κ2) is 6.37. The van der Waals surface area contributed by atoms with E-state index in [1.165, 1.54) is 37.8 Å². The monoisotopic (exact) mass is 290 g/mol. The first-order valence-corrected chi connectivity index (χ1v) is 7.98. The van der Waals surface area contributed by atoms with Crippen molar-refractivity contribution in [2.24, 2.45) is 12.0 Å². The Hall–Kier alpha value is -1.72. The van der Waals surface area contributed by atoms with E-state index in [9.17, 15) is 0 Å². The van der Waals surface area contributed by atoms with Crippen LogP contribution in [0.4, 0.5) is 5.69 Å².